The third kappa shape index (κ3) is 6.22. The van der Waals surface area contributed by atoms with Gasteiger partial charge in [0.25, 0.3) is 0 Å². The third-order valence-electron chi connectivity index (χ3n) is 6.42. The molecule has 5 nitrogen and oxygen atoms in total. The average Bonchev–Trinajstić information content (AvgIpc) is 3.28. The Morgan fingerprint density at radius 1 is 0.861 bits per heavy atom. The van der Waals surface area contributed by atoms with Gasteiger partial charge in [0.2, 0.25) is 0 Å². The molecule has 1 N–H and O–H groups in total. The van der Waals surface area contributed by atoms with Gasteiger partial charge in [-0.2, -0.15) is 4.98 Å². The molecule has 0 radical (unpaired) electrons. The molecule has 4 aromatic rings. The van der Waals surface area contributed by atoms with E-state index in [4.69, 9.17) is 14.8 Å². The third-order valence-corrected chi connectivity index (χ3v) is 6.42. The van der Waals surface area contributed by atoms with E-state index in [0.717, 1.165) is 60.3 Å². The van der Waals surface area contributed by atoms with Crippen molar-refractivity contribution in [1.82, 2.24) is 9.55 Å². The molecule has 0 aliphatic heterocycles. The van der Waals surface area contributed by atoms with Gasteiger partial charge in [0, 0.05) is 11.1 Å². The molecule has 4 rings (SSSR count). The van der Waals surface area contributed by atoms with Crippen molar-refractivity contribution in [1.29, 1.82) is 0 Å². The van der Waals surface area contributed by atoms with E-state index >= 15 is 0 Å². The summed E-state index contributed by atoms with van der Waals surface area (Å²) in [5.41, 5.74) is 6.21. The van der Waals surface area contributed by atoms with Crippen molar-refractivity contribution in [2.75, 3.05) is 6.61 Å². The molecule has 0 bridgehead atoms. The monoisotopic (exact) mass is 482 g/mol. The lowest BCUT2D eigenvalue weighted by Crippen LogP contribution is -2.09. The standard InChI is InChI=1S/C31H34N2O3/c1-23-18-20-27(21-19-23)33-29(26-16-10-6-11-17-26)28(25-14-8-5-9-15-25)32-31(33)36-22-12-4-3-7-13-24(2)30(34)35/h5-6,8-11,14-21,24H,3-4,7,12-13,22H2,1-2H3,(H,34,35). The molecule has 0 spiro atoms. The minimum atomic E-state index is -0.718. The molecule has 0 aliphatic rings. The summed E-state index contributed by atoms with van der Waals surface area (Å²) in [6.07, 6.45) is 4.52. The zero-order valence-corrected chi connectivity index (χ0v) is 21.1. The number of hydrogen-bond donors (Lipinski definition) is 1. The Balaban J connectivity index is 1.61. The first-order valence-corrected chi connectivity index (χ1v) is 12.7. The van der Waals surface area contributed by atoms with Crippen LogP contribution in [0.15, 0.2) is 84.9 Å². The van der Waals surface area contributed by atoms with Gasteiger partial charge in [-0.1, -0.05) is 105 Å². The fourth-order valence-electron chi connectivity index (χ4n) is 4.28. The Bertz CT molecular complexity index is 1250. The largest absolute Gasteiger partial charge is 0.481 e. The second kappa shape index (κ2) is 12.2. The van der Waals surface area contributed by atoms with Crippen LogP contribution in [0.3, 0.4) is 0 Å². The second-order valence-corrected chi connectivity index (χ2v) is 9.29. The van der Waals surface area contributed by atoms with Crippen LogP contribution in [0, 0.1) is 12.8 Å². The van der Waals surface area contributed by atoms with E-state index < -0.39 is 5.97 Å². The Morgan fingerprint density at radius 2 is 1.47 bits per heavy atom. The maximum atomic E-state index is 11.0. The molecule has 5 heteroatoms. The van der Waals surface area contributed by atoms with Gasteiger partial charge in [-0.25, -0.2) is 0 Å². The quantitative estimate of drug-likeness (QED) is 0.212. The van der Waals surface area contributed by atoms with Crippen LogP contribution in [0.4, 0.5) is 0 Å². The van der Waals surface area contributed by atoms with Crippen LogP contribution in [0.25, 0.3) is 28.2 Å². The van der Waals surface area contributed by atoms with Gasteiger partial charge in [-0.3, -0.25) is 9.36 Å². The lowest BCUT2D eigenvalue weighted by molar-refractivity contribution is -0.141. The van der Waals surface area contributed by atoms with E-state index in [1.165, 1.54) is 5.56 Å². The maximum absolute atomic E-state index is 11.0. The van der Waals surface area contributed by atoms with Gasteiger partial charge in [0.1, 0.15) is 5.69 Å². The molecular formula is C31H34N2O3. The van der Waals surface area contributed by atoms with Crippen molar-refractivity contribution in [3.05, 3.63) is 90.5 Å². The van der Waals surface area contributed by atoms with Gasteiger partial charge in [0.15, 0.2) is 0 Å². The number of carbonyl (C=O) groups is 1. The lowest BCUT2D eigenvalue weighted by atomic mass is 10.0. The fraction of sp³-hybridized carbons (Fsp3) is 0.290. The first kappa shape index (κ1) is 25.2. The topological polar surface area (TPSA) is 64.3 Å². The number of carboxylic acids is 1. The molecule has 1 atom stereocenters. The van der Waals surface area contributed by atoms with Crippen LogP contribution in [0.2, 0.25) is 0 Å². The molecule has 0 saturated heterocycles. The fourth-order valence-corrected chi connectivity index (χ4v) is 4.28. The molecular weight excluding hydrogens is 448 g/mol. The Labute approximate surface area is 213 Å². The Hall–Kier alpha value is -3.86. The molecule has 1 unspecified atom stereocenters. The van der Waals surface area contributed by atoms with Crippen LogP contribution >= 0.6 is 0 Å². The van der Waals surface area contributed by atoms with E-state index in [2.05, 4.69) is 60.0 Å². The Morgan fingerprint density at radius 3 is 2.11 bits per heavy atom. The first-order valence-electron chi connectivity index (χ1n) is 12.7. The van der Waals surface area contributed by atoms with Gasteiger partial charge < -0.3 is 9.84 Å². The van der Waals surface area contributed by atoms with Crippen LogP contribution in [-0.4, -0.2) is 27.2 Å². The van der Waals surface area contributed by atoms with Crippen molar-refractivity contribution in [2.45, 2.75) is 46.0 Å². The smallest absolute Gasteiger partial charge is 0.306 e. The number of hydrogen-bond acceptors (Lipinski definition) is 3. The highest BCUT2D eigenvalue weighted by Crippen LogP contribution is 2.38. The second-order valence-electron chi connectivity index (χ2n) is 9.29. The van der Waals surface area contributed by atoms with Crippen molar-refractivity contribution in [3.63, 3.8) is 0 Å². The Kier molecular flexibility index (Phi) is 8.56. The number of imidazole rings is 1. The summed E-state index contributed by atoms with van der Waals surface area (Å²) >= 11 is 0. The molecule has 3 aromatic carbocycles. The van der Waals surface area contributed by atoms with Gasteiger partial charge in [0.05, 0.1) is 23.9 Å². The zero-order valence-electron chi connectivity index (χ0n) is 21.1. The van der Waals surface area contributed by atoms with Crippen LogP contribution in [-0.2, 0) is 4.79 Å². The highest BCUT2D eigenvalue weighted by molar-refractivity contribution is 5.81. The summed E-state index contributed by atoms with van der Waals surface area (Å²) in [5, 5.41) is 9.04. The molecule has 0 saturated carbocycles. The summed E-state index contributed by atoms with van der Waals surface area (Å²) in [7, 11) is 0. The van der Waals surface area contributed by atoms with Crippen LogP contribution in [0.1, 0.15) is 44.6 Å². The number of nitrogens with zero attached hydrogens (tertiary/aromatic N) is 2. The number of aryl methyl sites for hydroxylation is 1. The molecule has 0 aliphatic carbocycles. The van der Waals surface area contributed by atoms with E-state index in [-0.39, 0.29) is 5.92 Å². The zero-order chi connectivity index (χ0) is 25.3. The minimum absolute atomic E-state index is 0.281. The van der Waals surface area contributed by atoms with E-state index in [1.807, 2.05) is 36.4 Å². The highest BCUT2D eigenvalue weighted by Gasteiger charge is 2.22. The number of aromatic nitrogens is 2. The molecule has 36 heavy (non-hydrogen) atoms. The summed E-state index contributed by atoms with van der Waals surface area (Å²) in [6, 6.07) is 29.6. The number of carboxylic acid groups (broad SMARTS) is 1. The minimum Gasteiger partial charge on any atom is -0.481 e. The summed E-state index contributed by atoms with van der Waals surface area (Å²) in [5.74, 6) is -0.999. The SMILES string of the molecule is Cc1ccc(-n2c(OCCCCCCC(C)C(=O)O)nc(-c3ccccc3)c2-c2ccccc2)cc1. The van der Waals surface area contributed by atoms with Crippen LogP contribution < -0.4 is 4.74 Å². The predicted molar refractivity (Wildman–Crippen MR) is 145 cm³/mol. The summed E-state index contributed by atoms with van der Waals surface area (Å²) in [6.45, 7) is 4.41. The number of aliphatic carboxylic acids is 1. The normalized spacial score (nSPS) is 11.8. The predicted octanol–water partition coefficient (Wildman–Crippen LogP) is 7.56. The number of benzene rings is 3. The molecule has 0 fully saturated rings. The first-order chi connectivity index (χ1) is 17.5. The average molecular weight is 483 g/mol. The highest BCUT2D eigenvalue weighted by atomic mass is 16.5. The lowest BCUT2D eigenvalue weighted by Gasteiger charge is -2.14. The number of rotatable bonds is 12. The summed E-state index contributed by atoms with van der Waals surface area (Å²) in [4.78, 5) is 16.0. The maximum Gasteiger partial charge on any atom is 0.306 e. The van der Waals surface area contributed by atoms with Gasteiger partial charge >= 0.3 is 12.0 Å². The summed E-state index contributed by atoms with van der Waals surface area (Å²) < 4.78 is 8.43. The van der Waals surface area contributed by atoms with Crippen molar-refractivity contribution >= 4 is 5.97 Å². The molecule has 1 aromatic heterocycles. The van der Waals surface area contributed by atoms with E-state index in [0.29, 0.717) is 12.6 Å². The van der Waals surface area contributed by atoms with Crippen molar-refractivity contribution in [3.8, 4) is 34.2 Å². The van der Waals surface area contributed by atoms with Crippen molar-refractivity contribution < 1.29 is 14.6 Å². The molecule has 0 amide bonds. The van der Waals surface area contributed by atoms with Crippen molar-refractivity contribution in [2.24, 2.45) is 5.92 Å². The number of ether oxygens (including phenoxy) is 1. The van der Waals surface area contributed by atoms with E-state index in [9.17, 15) is 4.79 Å². The van der Waals surface area contributed by atoms with Gasteiger partial charge in [-0.05, 0) is 31.9 Å². The number of unbranched alkanes of at least 4 members (excludes halogenated alkanes) is 3. The molecule has 1 heterocycles. The molecule has 186 valence electrons. The van der Waals surface area contributed by atoms with Gasteiger partial charge in [-0.15, -0.1) is 0 Å². The van der Waals surface area contributed by atoms with E-state index in [1.54, 1.807) is 6.92 Å². The van der Waals surface area contributed by atoms with Crippen LogP contribution in [0.5, 0.6) is 6.01 Å².